The number of H-pyrrole nitrogens is 1. The van der Waals surface area contributed by atoms with Crippen molar-refractivity contribution in [2.24, 2.45) is 0 Å². The molecule has 0 bridgehead atoms. The van der Waals surface area contributed by atoms with Crippen LogP contribution in [-0.4, -0.2) is 25.7 Å². The molecule has 2 rings (SSSR count). The first kappa shape index (κ1) is 14.3. The minimum atomic E-state index is -3.88. The fourth-order valence-corrected chi connectivity index (χ4v) is 2.90. The van der Waals surface area contributed by atoms with Gasteiger partial charge in [0.15, 0.2) is 11.6 Å². The maximum atomic E-state index is 13.6. The van der Waals surface area contributed by atoms with E-state index in [1.165, 1.54) is 19.2 Å². The average molecular weight is 299 g/mol. The van der Waals surface area contributed by atoms with Gasteiger partial charge in [-0.15, -0.1) is 0 Å². The van der Waals surface area contributed by atoms with Gasteiger partial charge in [0.25, 0.3) is 10.0 Å². The lowest BCUT2D eigenvalue weighted by molar-refractivity contribution is 0.385. The first-order chi connectivity index (χ1) is 9.35. The van der Waals surface area contributed by atoms with E-state index in [0.29, 0.717) is 17.1 Å². The van der Waals surface area contributed by atoms with E-state index in [9.17, 15) is 12.8 Å². The zero-order chi connectivity index (χ0) is 14.9. The van der Waals surface area contributed by atoms with Crippen LogP contribution in [0.4, 0.5) is 10.1 Å². The lowest BCUT2D eigenvalue weighted by Gasteiger charge is -2.09. The number of benzene rings is 1. The number of hydrogen-bond acceptors (Lipinski definition) is 4. The summed E-state index contributed by atoms with van der Waals surface area (Å²) in [5.74, 6) is -0.754. The van der Waals surface area contributed by atoms with Gasteiger partial charge in [-0.05, 0) is 32.0 Å². The largest absolute Gasteiger partial charge is 0.494 e. The molecule has 0 aliphatic heterocycles. The van der Waals surface area contributed by atoms with Crippen LogP contribution in [-0.2, 0) is 10.0 Å². The molecule has 8 heteroatoms. The maximum absolute atomic E-state index is 13.6. The Bertz CT molecular complexity index is 721. The lowest BCUT2D eigenvalue weighted by Crippen LogP contribution is -2.14. The number of sulfonamides is 1. The Balaban J connectivity index is 2.38. The number of anilines is 1. The minimum Gasteiger partial charge on any atom is -0.494 e. The van der Waals surface area contributed by atoms with Gasteiger partial charge in [0.05, 0.1) is 29.1 Å². The van der Waals surface area contributed by atoms with Gasteiger partial charge >= 0.3 is 0 Å². The smallest absolute Gasteiger partial charge is 0.262 e. The zero-order valence-electron chi connectivity index (χ0n) is 11.2. The van der Waals surface area contributed by atoms with Gasteiger partial charge in [0.1, 0.15) is 0 Å². The van der Waals surface area contributed by atoms with Gasteiger partial charge in [-0.1, -0.05) is 0 Å². The van der Waals surface area contributed by atoms with E-state index < -0.39 is 15.8 Å². The number of aromatic amines is 1. The van der Waals surface area contributed by atoms with Crippen molar-refractivity contribution in [3.05, 3.63) is 35.4 Å². The Hall–Kier alpha value is -2.09. The monoisotopic (exact) mass is 299 g/mol. The van der Waals surface area contributed by atoms with Crippen molar-refractivity contribution in [3.8, 4) is 5.75 Å². The van der Waals surface area contributed by atoms with Crippen LogP contribution in [0.5, 0.6) is 5.75 Å². The zero-order valence-corrected chi connectivity index (χ0v) is 12.0. The van der Waals surface area contributed by atoms with E-state index in [1.807, 2.05) is 0 Å². The second-order valence-corrected chi connectivity index (χ2v) is 5.89. The molecule has 0 aliphatic rings. The second kappa shape index (κ2) is 5.12. The Morgan fingerprint density at radius 3 is 2.55 bits per heavy atom. The van der Waals surface area contributed by atoms with Crippen LogP contribution >= 0.6 is 0 Å². The van der Waals surface area contributed by atoms with Crippen molar-refractivity contribution in [3.63, 3.8) is 0 Å². The molecule has 0 unspecified atom stereocenters. The topological polar surface area (TPSA) is 84.1 Å². The van der Waals surface area contributed by atoms with Crippen LogP contribution in [0.3, 0.4) is 0 Å². The number of aromatic nitrogens is 2. The Morgan fingerprint density at radius 1 is 1.35 bits per heavy atom. The fraction of sp³-hybridized carbons (Fsp3) is 0.250. The molecule has 20 heavy (non-hydrogen) atoms. The Morgan fingerprint density at radius 2 is 2.05 bits per heavy atom. The summed E-state index contributed by atoms with van der Waals surface area (Å²) < 4.78 is 45.1. The van der Waals surface area contributed by atoms with Crippen LogP contribution in [0.15, 0.2) is 23.1 Å². The summed E-state index contributed by atoms with van der Waals surface area (Å²) in [6, 6.07) is 3.44. The van der Waals surface area contributed by atoms with Gasteiger partial charge in [-0.25, -0.2) is 12.8 Å². The Labute approximate surface area is 116 Å². The van der Waals surface area contributed by atoms with Crippen molar-refractivity contribution >= 4 is 15.7 Å². The number of aryl methyl sites for hydroxylation is 2. The predicted molar refractivity (Wildman–Crippen MR) is 71.8 cm³/mol. The molecule has 0 fully saturated rings. The normalized spacial score (nSPS) is 11.4. The number of hydrogen-bond donors (Lipinski definition) is 2. The number of nitrogens with one attached hydrogen (secondary N) is 2. The molecule has 0 saturated heterocycles. The van der Waals surface area contributed by atoms with E-state index in [-0.39, 0.29) is 10.6 Å². The number of rotatable bonds is 4. The van der Waals surface area contributed by atoms with Crippen LogP contribution in [0, 0.1) is 19.7 Å². The number of ether oxygens (including phenoxy) is 1. The molecule has 0 saturated carbocycles. The summed E-state index contributed by atoms with van der Waals surface area (Å²) >= 11 is 0. The molecule has 1 aromatic heterocycles. The summed E-state index contributed by atoms with van der Waals surface area (Å²) in [6.45, 7) is 3.35. The molecular formula is C12H14FN3O3S. The summed E-state index contributed by atoms with van der Waals surface area (Å²) in [4.78, 5) is -0.184. The Kier molecular flexibility index (Phi) is 3.67. The molecule has 0 radical (unpaired) electrons. The lowest BCUT2D eigenvalue weighted by atomic mass is 10.3. The van der Waals surface area contributed by atoms with Crippen LogP contribution < -0.4 is 9.46 Å². The quantitative estimate of drug-likeness (QED) is 0.904. The van der Waals surface area contributed by atoms with Gasteiger partial charge in [-0.2, -0.15) is 5.10 Å². The molecule has 2 aromatic rings. The van der Waals surface area contributed by atoms with Crippen molar-refractivity contribution < 1.29 is 17.5 Å². The van der Waals surface area contributed by atoms with E-state index in [0.717, 1.165) is 6.07 Å². The fourth-order valence-electron chi connectivity index (χ4n) is 1.71. The molecule has 108 valence electrons. The molecule has 0 spiro atoms. The molecular weight excluding hydrogens is 285 g/mol. The first-order valence-corrected chi connectivity index (χ1v) is 7.21. The molecule has 0 aliphatic carbocycles. The van der Waals surface area contributed by atoms with Crippen molar-refractivity contribution in [1.29, 1.82) is 0 Å². The van der Waals surface area contributed by atoms with Crippen LogP contribution in [0.25, 0.3) is 0 Å². The highest BCUT2D eigenvalue weighted by Crippen LogP contribution is 2.24. The van der Waals surface area contributed by atoms with Gasteiger partial charge in [0.2, 0.25) is 0 Å². The van der Waals surface area contributed by atoms with E-state index in [1.54, 1.807) is 13.8 Å². The highest BCUT2D eigenvalue weighted by atomic mass is 32.2. The predicted octanol–water partition coefficient (Wildman–Crippen LogP) is 1.98. The number of halogens is 1. The first-order valence-electron chi connectivity index (χ1n) is 5.73. The molecule has 1 aromatic carbocycles. The third kappa shape index (κ3) is 2.60. The highest BCUT2D eigenvalue weighted by Gasteiger charge is 2.19. The van der Waals surface area contributed by atoms with Gasteiger partial charge in [-0.3, -0.25) is 9.82 Å². The maximum Gasteiger partial charge on any atom is 0.262 e. The van der Waals surface area contributed by atoms with E-state index in [4.69, 9.17) is 4.74 Å². The molecule has 0 amide bonds. The molecule has 0 atom stereocenters. The summed E-state index contributed by atoms with van der Waals surface area (Å²) in [7, 11) is -2.57. The number of methoxy groups -OCH3 is 1. The second-order valence-electron chi connectivity index (χ2n) is 4.21. The molecule has 6 nitrogen and oxygen atoms in total. The molecule has 1 heterocycles. The third-order valence-electron chi connectivity index (χ3n) is 2.80. The van der Waals surface area contributed by atoms with E-state index in [2.05, 4.69) is 14.9 Å². The van der Waals surface area contributed by atoms with Crippen molar-refractivity contribution in [2.75, 3.05) is 11.8 Å². The highest BCUT2D eigenvalue weighted by molar-refractivity contribution is 7.92. The van der Waals surface area contributed by atoms with E-state index >= 15 is 0 Å². The SMILES string of the molecule is COc1ccc(S(=O)(=O)Nc2c(C)n[nH]c2C)cc1F. The minimum absolute atomic E-state index is 0.0142. The summed E-state index contributed by atoms with van der Waals surface area (Å²) in [5, 5.41) is 6.56. The number of nitrogens with zero attached hydrogens (tertiary/aromatic N) is 1. The van der Waals surface area contributed by atoms with Crippen LogP contribution in [0.2, 0.25) is 0 Å². The van der Waals surface area contributed by atoms with Crippen molar-refractivity contribution in [1.82, 2.24) is 10.2 Å². The van der Waals surface area contributed by atoms with Crippen LogP contribution in [0.1, 0.15) is 11.4 Å². The summed E-state index contributed by atoms with van der Waals surface area (Å²) in [6.07, 6.45) is 0. The summed E-state index contributed by atoms with van der Waals surface area (Å²) in [5.41, 5.74) is 1.46. The standard InChI is InChI=1S/C12H14FN3O3S/c1-7-12(8(2)15-14-7)16-20(17,18)9-4-5-11(19-3)10(13)6-9/h4-6,16H,1-3H3,(H,14,15). The average Bonchev–Trinajstić information content (AvgIpc) is 2.70. The third-order valence-corrected chi connectivity index (χ3v) is 4.15. The van der Waals surface area contributed by atoms with Crippen molar-refractivity contribution in [2.45, 2.75) is 18.7 Å². The molecule has 2 N–H and O–H groups in total. The van der Waals surface area contributed by atoms with Gasteiger partial charge < -0.3 is 4.74 Å². The van der Waals surface area contributed by atoms with Gasteiger partial charge in [0, 0.05) is 0 Å².